The van der Waals surface area contributed by atoms with Crippen molar-refractivity contribution in [3.63, 3.8) is 0 Å². The maximum Gasteiger partial charge on any atom is 0.281 e. The first kappa shape index (κ1) is 17.2. The fraction of sp³-hybridized carbons (Fsp3) is 0.182. The Morgan fingerprint density at radius 1 is 0.926 bits per heavy atom. The van der Waals surface area contributed by atoms with Crippen molar-refractivity contribution in [1.82, 2.24) is 14.3 Å². The molecule has 5 heteroatoms. The highest BCUT2D eigenvalue weighted by atomic mass is 16.5. The van der Waals surface area contributed by atoms with E-state index < -0.39 is 0 Å². The van der Waals surface area contributed by atoms with E-state index in [9.17, 15) is 4.79 Å². The lowest BCUT2D eigenvalue weighted by Crippen LogP contribution is -2.21. The van der Waals surface area contributed by atoms with Crippen LogP contribution in [0.5, 0.6) is 0 Å². The summed E-state index contributed by atoms with van der Waals surface area (Å²) in [7, 11) is 1.66. The molecule has 0 fully saturated rings. The predicted octanol–water partition coefficient (Wildman–Crippen LogP) is 3.94. The Bertz CT molecular complexity index is 1160. The molecule has 2 aromatic heterocycles. The van der Waals surface area contributed by atoms with Crippen LogP contribution in [0.2, 0.25) is 0 Å². The number of aryl methyl sites for hydroxylation is 2. The van der Waals surface area contributed by atoms with Crippen LogP contribution in [-0.4, -0.2) is 21.5 Å². The molecule has 5 nitrogen and oxygen atoms in total. The summed E-state index contributed by atoms with van der Waals surface area (Å²) in [5.41, 5.74) is 4.66. The van der Waals surface area contributed by atoms with E-state index in [0.717, 1.165) is 33.7 Å². The van der Waals surface area contributed by atoms with E-state index in [0.29, 0.717) is 12.0 Å². The smallest absolute Gasteiger partial charge is 0.281 e. The third-order valence-corrected chi connectivity index (χ3v) is 4.91. The van der Waals surface area contributed by atoms with E-state index in [2.05, 4.69) is 9.67 Å². The Balaban J connectivity index is 1.90. The van der Waals surface area contributed by atoms with Crippen LogP contribution in [0.15, 0.2) is 65.6 Å². The van der Waals surface area contributed by atoms with Crippen LogP contribution < -0.4 is 5.56 Å². The Morgan fingerprint density at radius 2 is 1.63 bits per heavy atom. The molecule has 0 aliphatic carbocycles. The van der Waals surface area contributed by atoms with Crippen LogP contribution in [0.1, 0.15) is 17.0 Å². The SMILES string of the molecule is COCc1ccc(-n2ncc3c(C)n(-c4ccccc4)c(C)c3c2=O)cc1. The molecule has 2 aromatic carbocycles. The summed E-state index contributed by atoms with van der Waals surface area (Å²) in [6, 6.07) is 17.7. The molecule has 27 heavy (non-hydrogen) atoms. The Kier molecular flexibility index (Phi) is 4.38. The number of benzene rings is 2. The third-order valence-electron chi connectivity index (χ3n) is 4.91. The Morgan fingerprint density at radius 3 is 2.30 bits per heavy atom. The van der Waals surface area contributed by atoms with Crippen molar-refractivity contribution < 1.29 is 4.74 Å². The van der Waals surface area contributed by atoms with Gasteiger partial charge in [0.25, 0.3) is 5.56 Å². The maximum atomic E-state index is 13.2. The highest BCUT2D eigenvalue weighted by Gasteiger charge is 2.17. The number of methoxy groups -OCH3 is 1. The van der Waals surface area contributed by atoms with Gasteiger partial charge in [0.1, 0.15) is 0 Å². The molecule has 0 amide bonds. The zero-order valence-electron chi connectivity index (χ0n) is 15.6. The molecule has 0 saturated carbocycles. The molecule has 0 unspecified atom stereocenters. The van der Waals surface area contributed by atoms with E-state index in [1.807, 2.05) is 68.4 Å². The normalized spacial score (nSPS) is 11.2. The summed E-state index contributed by atoms with van der Waals surface area (Å²) in [5, 5.41) is 6.01. The fourth-order valence-electron chi connectivity index (χ4n) is 3.61. The second-order valence-corrected chi connectivity index (χ2v) is 6.59. The van der Waals surface area contributed by atoms with E-state index in [1.54, 1.807) is 13.3 Å². The summed E-state index contributed by atoms with van der Waals surface area (Å²) in [6.07, 6.45) is 1.78. The molecule has 136 valence electrons. The van der Waals surface area contributed by atoms with Crippen molar-refractivity contribution in [2.75, 3.05) is 7.11 Å². The average molecular weight is 359 g/mol. The van der Waals surface area contributed by atoms with E-state index in [-0.39, 0.29) is 5.56 Å². The van der Waals surface area contributed by atoms with Crippen LogP contribution in [0.4, 0.5) is 0 Å². The molecular formula is C22H21N3O2. The van der Waals surface area contributed by atoms with Crippen LogP contribution in [-0.2, 0) is 11.3 Å². The molecule has 4 aromatic rings. The first-order chi connectivity index (χ1) is 13.1. The highest BCUT2D eigenvalue weighted by Crippen LogP contribution is 2.26. The van der Waals surface area contributed by atoms with E-state index in [1.165, 1.54) is 4.68 Å². The van der Waals surface area contributed by atoms with Crippen molar-refractivity contribution >= 4 is 10.8 Å². The quantitative estimate of drug-likeness (QED) is 0.554. The molecule has 0 N–H and O–H groups in total. The number of hydrogen-bond donors (Lipinski definition) is 0. The van der Waals surface area contributed by atoms with Gasteiger partial charge >= 0.3 is 0 Å². The van der Waals surface area contributed by atoms with E-state index in [4.69, 9.17) is 4.74 Å². The molecule has 0 spiro atoms. The van der Waals surface area contributed by atoms with Crippen molar-refractivity contribution in [3.05, 3.63) is 88.1 Å². The maximum absolute atomic E-state index is 13.2. The number of hydrogen-bond acceptors (Lipinski definition) is 3. The number of aromatic nitrogens is 3. The molecule has 0 atom stereocenters. The summed E-state index contributed by atoms with van der Waals surface area (Å²) >= 11 is 0. The minimum atomic E-state index is -0.109. The molecule has 4 rings (SSSR count). The van der Waals surface area contributed by atoms with Crippen LogP contribution in [0.25, 0.3) is 22.1 Å². The van der Waals surface area contributed by atoms with Crippen molar-refractivity contribution in [1.29, 1.82) is 0 Å². The van der Waals surface area contributed by atoms with Gasteiger partial charge in [0, 0.05) is 29.6 Å². The number of fused-ring (bicyclic) bond motifs is 1. The van der Waals surface area contributed by atoms with Gasteiger partial charge in [-0.25, -0.2) is 0 Å². The summed E-state index contributed by atoms with van der Waals surface area (Å²) in [5.74, 6) is 0. The van der Waals surface area contributed by atoms with Gasteiger partial charge in [-0.15, -0.1) is 0 Å². The average Bonchev–Trinajstić information content (AvgIpc) is 2.95. The standard InChI is InChI=1S/C22H21N3O2/c1-15-20-13-23-25(19-11-9-17(10-12-19)14-27-3)22(26)21(20)16(2)24(15)18-7-5-4-6-8-18/h4-13H,14H2,1-3H3. The molecular weight excluding hydrogens is 338 g/mol. The zero-order valence-corrected chi connectivity index (χ0v) is 15.6. The van der Waals surface area contributed by atoms with Crippen LogP contribution in [0, 0.1) is 13.8 Å². The predicted molar refractivity (Wildman–Crippen MR) is 107 cm³/mol. The van der Waals surface area contributed by atoms with Gasteiger partial charge < -0.3 is 9.30 Å². The Hall–Kier alpha value is -3.18. The van der Waals surface area contributed by atoms with Gasteiger partial charge in [0.15, 0.2) is 0 Å². The lowest BCUT2D eigenvalue weighted by molar-refractivity contribution is 0.185. The third kappa shape index (κ3) is 2.86. The van der Waals surface area contributed by atoms with Crippen LogP contribution >= 0.6 is 0 Å². The summed E-state index contributed by atoms with van der Waals surface area (Å²) in [4.78, 5) is 13.2. The van der Waals surface area contributed by atoms with Gasteiger partial charge in [-0.2, -0.15) is 9.78 Å². The summed E-state index contributed by atoms with van der Waals surface area (Å²) in [6.45, 7) is 4.54. The second kappa shape index (κ2) is 6.85. The monoisotopic (exact) mass is 359 g/mol. The number of nitrogens with zero attached hydrogens (tertiary/aromatic N) is 3. The van der Waals surface area contributed by atoms with Crippen LogP contribution in [0.3, 0.4) is 0 Å². The van der Waals surface area contributed by atoms with E-state index >= 15 is 0 Å². The second-order valence-electron chi connectivity index (χ2n) is 6.59. The molecule has 0 aliphatic rings. The largest absolute Gasteiger partial charge is 0.380 e. The van der Waals surface area contributed by atoms with Crippen molar-refractivity contribution in [2.45, 2.75) is 20.5 Å². The zero-order chi connectivity index (χ0) is 19.0. The number of ether oxygens (including phenoxy) is 1. The lowest BCUT2D eigenvalue weighted by Gasteiger charge is -2.08. The molecule has 2 heterocycles. The highest BCUT2D eigenvalue weighted by molar-refractivity contribution is 5.88. The van der Waals surface area contributed by atoms with Gasteiger partial charge in [-0.1, -0.05) is 30.3 Å². The molecule has 0 aliphatic heterocycles. The lowest BCUT2D eigenvalue weighted by atomic mass is 10.2. The van der Waals surface area contributed by atoms with Crippen molar-refractivity contribution in [3.8, 4) is 11.4 Å². The molecule has 0 radical (unpaired) electrons. The first-order valence-electron chi connectivity index (χ1n) is 8.85. The van der Waals surface area contributed by atoms with Gasteiger partial charge in [-0.3, -0.25) is 4.79 Å². The minimum absolute atomic E-state index is 0.109. The fourth-order valence-corrected chi connectivity index (χ4v) is 3.61. The number of para-hydroxylation sites is 1. The molecule has 0 bridgehead atoms. The summed E-state index contributed by atoms with van der Waals surface area (Å²) < 4.78 is 8.71. The first-order valence-corrected chi connectivity index (χ1v) is 8.85. The molecule has 0 saturated heterocycles. The van der Waals surface area contributed by atoms with Crippen molar-refractivity contribution in [2.24, 2.45) is 0 Å². The van der Waals surface area contributed by atoms with Gasteiger partial charge in [0.2, 0.25) is 0 Å². The Labute approximate surface area is 157 Å². The number of rotatable bonds is 4. The van der Waals surface area contributed by atoms with Gasteiger partial charge in [0.05, 0.1) is 23.9 Å². The minimum Gasteiger partial charge on any atom is -0.380 e. The van der Waals surface area contributed by atoms with Gasteiger partial charge in [-0.05, 0) is 43.7 Å². The topological polar surface area (TPSA) is 49.0 Å².